The molecule has 0 bridgehead atoms. The second-order valence-corrected chi connectivity index (χ2v) is 6.98. The molecule has 3 aromatic rings. The Balaban J connectivity index is 1.58. The van der Waals surface area contributed by atoms with E-state index in [-0.39, 0.29) is 0 Å². The van der Waals surface area contributed by atoms with Crippen LogP contribution in [0.4, 0.5) is 0 Å². The summed E-state index contributed by atoms with van der Waals surface area (Å²) < 4.78 is 0. The van der Waals surface area contributed by atoms with Gasteiger partial charge < -0.3 is 10.1 Å². The van der Waals surface area contributed by atoms with Gasteiger partial charge in [-0.1, -0.05) is 35.9 Å². The van der Waals surface area contributed by atoms with Crippen LogP contribution in [0.2, 0.25) is 0 Å². The maximum absolute atomic E-state index is 10.9. The van der Waals surface area contributed by atoms with E-state index in [2.05, 4.69) is 66.2 Å². The zero-order valence-electron chi connectivity index (χ0n) is 14.3. The average Bonchev–Trinajstić information content (AvgIpc) is 2.90. The molecular formula is C21H24N2O. The summed E-state index contributed by atoms with van der Waals surface area (Å²) in [5.74, 6) is 0. The maximum atomic E-state index is 10.9. The number of H-pyrrole nitrogens is 1. The lowest BCUT2D eigenvalue weighted by atomic mass is 9.98. The van der Waals surface area contributed by atoms with E-state index in [4.69, 9.17) is 0 Å². The lowest BCUT2D eigenvalue weighted by Crippen LogP contribution is -2.34. The summed E-state index contributed by atoms with van der Waals surface area (Å²) in [5, 5.41) is 12.1. The summed E-state index contributed by atoms with van der Waals surface area (Å²) in [5.41, 5.74) is 7.29. The van der Waals surface area contributed by atoms with E-state index < -0.39 is 6.10 Å². The number of aliphatic hydroxyl groups is 1. The average molecular weight is 320 g/mol. The van der Waals surface area contributed by atoms with Crippen molar-refractivity contribution in [2.75, 3.05) is 13.1 Å². The lowest BCUT2D eigenvalue weighted by molar-refractivity contribution is 0.106. The molecule has 2 heterocycles. The van der Waals surface area contributed by atoms with Gasteiger partial charge in [0.2, 0.25) is 0 Å². The first kappa shape index (κ1) is 15.4. The van der Waals surface area contributed by atoms with Gasteiger partial charge in [0, 0.05) is 41.8 Å². The van der Waals surface area contributed by atoms with Gasteiger partial charge in [-0.25, -0.2) is 0 Å². The van der Waals surface area contributed by atoms with E-state index in [1.165, 1.54) is 16.7 Å². The largest absolute Gasteiger partial charge is 0.387 e. The van der Waals surface area contributed by atoms with Gasteiger partial charge in [-0.05, 0) is 43.5 Å². The fraction of sp³-hybridized carbons (Fsp3) is 0.333. The molecule has 2 aromatic carbocycles. The molecule has 1 atom stereocenters. The zero-order chi connectivity index (χ0) is 16.7. The molecule has 0 saturated carbocycles. The Kier molecular flexibility index (Phi) is 3.91. The number of aromatic amines is 1. The number of hydrogen-bond donors (Lipinski definition) is 2. The maximum Gasteiger partial charge on any atom is 0.0940 e. The zero-order valence-corrected chi connectivity index (χ0v) is 14.3. The molecule has 0 saturated heterocycles. The van der Waals surface area contributed by atoms with Crippen molar-refractivity contribution in [1.29, 1.82) is 0 Å². The fourth-order valence-corrected chi connectivity index (χ4v) is 3.94. The van der Waals surface area contributed by atoms with Crippen LogP contribution in [0, 0.1) is 13.8 Å². The van der Waals surface area contributed by atoms with Crippen molar-refractivity contribution in [3.63, 3.8) is 0 Å². The molecule has 2 N–H and O–H groups in total. The molecule has 1 aliphatic rings. The minimum atomic E-state index is -0.467. The predicted molar refractivity (Wildman–Crippen MR) is 98.2 cm³/mol. The Morgan fingerprint density at radius 1 is 1.12 bits per heavy atom. The van der Waals surface area contributed by atoms with Crippen LogP contribution < -0.4 is 0 Å². The highest BCUT2D eigenvalue weighted by atomic mass is 16.3. The molecule has 1 unspecified atom stereocenters. The minimum Gasteiger partial charge on any atom is -0.387 e. The fourth-order valence-electron chi connectivity index (χ4n) is 3.94. The van der Waals surface area contributed by atoms with Gasteiger partial charge in [0.1, 0.15) is 0 Å². The smallest absolute Gasteiger partial charge is 0.0940 e. The lowest BCUT2D eigenvalue weighted by Gasteiger charge is -2.30. The van der Waals surface area contributed by atoms with Crippen molar-refractivity contribution in [3.05, 3.63) is 70.4 Å². The van der Waals surface area contributed by atoms with Crippen molar-refractivity contribution >= 4 is 10.9 Å². The molecule has 0 spiro atoms. The van der Waals surface area contributed by atoms with Crippen LogP contribution in [-0.4, -0.2) is 28.1 Å². The number of nitrogens with zero attached hydrogens (tertiary/aromatic N) is 1. The molecule has 0 fully saturated rings. The number of nitrogens with one attached hydrogen (secondary N) is 1. The SMILES string of the molecule is Cc1ccc2[nH]c(C)c(C(O)CN3CCc4ccccc4C3)c2c1. The minimum absolute atomic E-state index is 0.467. The Morgan fingerprint density at radius 3 is 2.75 bits per heavy atom. The van der Waals surface area contributed by atoms with Crippen molar-refractivity contribution in [2.45, 2.75) is 32.9 Å². The van der Waals surface area contributed by atoms with E-state index in [0.29, 0.717) is 6.54 Å². The number of aliphatic hydroxyl groups excluding tert-OH is 1. The topological polar surface area (TPSA) is 39.3 Å². The van der Waals surface area contributed by atoms with Crippen molar-refractivity contribution in [1.82, 2.24) is 9.88 Å². The Morgan fingerprint density at radius 2 is 1.92 bits per heavy atom. The first-order chi connectivity index (χ1) is 11.6. The number of aryl methyl sites for hydroxylation is 2. The summed E-state index contributed by atoms with van der Waals surface area (Å²) in [4.78, 5) is 5.77. The summed E-state index contributed by atoms with van der Waals surface area (Å²) >= 11 is 0. The van der Waals surface area contributed by atoms with Crippen molar-refractivity contribution in [3.8, 4) is 0 Å². The third-order valence-electron chi connectivity index (χ3n) is 5.17. The summed E-state index contributed by atoms with van der Waals surface area (Å²) in [6.45, 7) is 6.76. The number of β-amino-alcohol motifs (C(OH)–C–C–N with tert-alkyl or cyclic N) is 1. The van der Waals surface area contributed by atoms with Crippen LogP contribution in [0.15, 0.2) is 42.5 Å². The molecule has 4 rings (SSSR count). The van der Waals surface area contributed by atoms with Gasteiger partial charge in [0.15, 0.2) is 0 Å². The molecule has 3 nitrogen and oxygen atoms in total. The second-order valence-electron chi connectivity index (χ2n) is 6.98. The first-order valence-electron chi connectivity index (χ1n) is 8.68. The van der Waals surface area contributed by atoms with Crippen LogP contribution in [0.1, 0.15) is 34.1 Å². The van der Waals surface area contributed by atoms with Crippen LogP contribution >= 0.6 is 0 Å². The second kappa shape index (κ2) is 6.08. The van der Waals surface area contributed by atoms with E-state index in [1.807, 2.05) is 0 Å². The quantitative estimate of drug-likeness (QED) is 0.769. The molecule has 0 amide bonds. The van der Waals surface area contributed by atoms with Crippen molar-refractivity contribution in [2.24, 2.45) is 0 Å². The number of benzene rings is 2. The molecule has 3 heteroatoms. The molecule has 0 aliphatic carbocycles. The Hall–Kier alpha value is -2.10. The van der Waals surface area contributed by atoms with Gasteiger partial charge >= 0.3 is 0 Å². The highest BCUT2D eigenvalue weighted by Gasteiger charge is 2.22. The normalized spacial score (nSPS) is 16.3. The van der Waals surface area contributed by atoms with Crippen LogP contribution in [0.25, 0.3) is 10.9 Å². The number of aromatic nitrogens is 1. The summed E-state index contributed by atoms with van der Waals surface area (Å²) in [7, 11) is 0. The Bertz CT molecular complexity index is 881. The molecule has 1 aliphatic heterocycles. The molecular weight excluding hydrogens is 296 g/mol. The van der Waals surface area contributed by atoms with Crippen LogP contribution in [0.3, 0.4) is 0 Å². The molecule has 1 aromatic heterocycles. The van der Waals surface area contributed by atoms with E-state index in [0.717, 1.165) is 41.7 Å². The summed E-state index contributed by atoms with van der Waals surface area (Å²) in [6, 6.07) is 15.0. The molecule has 0 radical (unpaired) electrons. The number of fused-ring (bicyclic) bond motifs is 2. The predicted octanol–water partition coefficient (Wildman–Crippen LogP) is 3.88. The van der Waals surface area contributed by atoms with Gasteiger partial charge in [-0.15, -0.1) is 0 Å². The number of hydrogen-bond acceptors (Lipinski definition) is 2. The standard InChI is InChI=1S/C21H24N2O/c1-14-7-8-19-18(11-14)21(15(2)22-19)20(24)13-23-10-9-16-5-3-4-6-17(16)12-23/h3-8,11,20,22,24H,9-10,12-13H2,1-2H3. The van der Waals surface area contributed by atoms with E-state index in [9.17, 15) is 5.11 Å². The van der Waals surface area contributed by atoms with Crippen molar-refractivity contribution < 1.29 is 5.11 Å². The number of rotatable bonds is 3. The van der Waals surface area contributed by atoms with E-state index in [1.54, 1.807) is 0 Å². The van der Waals surface area contributed by atoms with Crippen LogP contribution in [-0.2, 0) is 13.0 Å². The third-order valence-corrected chi connectivity index (χ3v) is 5.17. The monoisotopic (exact) mass is 320 g/mol. The first-order valence-corrected chi connectivity index (χ1v) is 8.68. The van der Waals surface area contributed by atoms with Gasteiger partial charge in [0.05, 0.1) is 6.10 Å². The molecule has 24 heavy (non-hydrogen) atoms. The van der Waals surface area contributed by atoms with Gasteiger partial charge in [-0.2, -0.15) is 0 Å². The summed E-state index contributed by atoms with van der Waals surface area (Å²) in [6.07, 6.45) is 0.598. The van der Waals surface area contributed by atoms with Gasteiger partial charge in [-0.3, -0.25) is 4.90 Å². The molecule has 124 valence electrons. The highest BCUT2D eigenvalue weighted by molar-refractivity contribution is 5.85. The van der Waals surface area contributed by atoms with Gasteiger partial charge in [0.25, 0.3) is 0 Å². The third kappa shape index (κ3) is 2.74. The van der Waals surface area contributed by atoms with E-state index >= 15 is 0 Å². The Labute approximate surface area is 142 Å². The highest BCUT2D eigenvalue weighted by Crippen LogP contribution is 2.30. The van der Waals surface area contributed by atoms with Crippen LogP contribution in [0.5, 0.6) is 0 Å².